The van der Waals surface area contributed by atoms with Crippen molar-refractivity contribution in [3.63, 3.8) is 0 Å². The summed E-state index contributed by atoms with van der Waals surface area (Å²) in [6.45, 7) is 0.483. The average molecular weight is 572 g/mol. The minimum absolute atomic E-state index is 0.141. The van der Waals surface area contributed by atoms with Gasteiger partial charge < -0.3 is 4.57 Å². The van der Waals surface area contributed by atoms with Crippen molar-refractivity contribution in [1.29, 1.82) is 0 Å². The molecule has 0 amide bonds. The van der Waals surface area contributed by atoms with Gasteiger partial charge in [-0.15, -0.1) is 0 Å². The highest BCUT2D eigenvalue weighted by Gasteiger charge is 2.32. The van der Waals surface area contributed by atoms with E-state index in [4.69, 9.17) is 4.98 Å². The molecule has 1 aliphatic heterocycles. The normalized spacial score (nSPS) is 13.2. The molecule has 4 nitrogen and oxygen atoms in total. The third-order valence-electron chi connectivity index (χ3n) is 8.49. The molecule has 0 saturated carbocycles. The van der Waals surface area contributed by atoms with Crippen molar-refractivity contribution in [3.05, 3.63) is 131 Å². The first-order chi connectivity index (χ1) is 21.0. The number of benzene rings is 4. The van der Waals surface area contributed by atoms with E-state index >= 15 is 9.18 Å². The number of hydrogen-bond donors (Lipinski definition) is 0. The number of rotatable bonds is 4. The maximum atomic E-state index is 15.5. The number of hydrogen-bond acceptors (Lipinski definition) is 2. The van der Waals surface area contributed by atoms with Crippen LogP contribution >= 0.6 is 0 Å². The molecule has 7 heteroatoms. The van der Waals surface area contributed by atoms with Crippen molar-refractivity contribution in [2.75, 3.05) is 0 Å². The Morgan fingerprint density at radius 2 is 1.56 bits per heavy atom. The molecule has 0 radical (unpaired) electrons. The van der Waals surface area contributed by atoms with E-state index in [2.05, 4.69) is 0 Å². The Morgan fingerprint density at radius 1 is 0.791 bits per heavy atom. The lowest BCUT2D eigenvalue weighted by Gasteiger charge is -2.12. The van der Waals surface area contributed by atoms with Crippen molar-refractivity contribution in [2.24, 2.45) is 0 Å². The molecule has 4 aromatic carbocycles. The number of aryl methyl sites for hydroxylation is 2. The maximum Gasteiger partial charge on any atom is 0.211 e. The molecule has 0 saturated heterocycles. The third-order valence-corrected chi connectivity index (χ3v) is 8.49. The van der Waals surface area contributed by atoms with E-state index in [1.165, 1.54) is 18.2 Å². The number of pyridine rings is 1. The number of ketones is 1. The van der Waals surface area contributed by atoms with E-state index in [1.54, 1.807) is 27.2 Å². The fourth-order valence-corrected chi connectivity index (χ4v) is 6.61. The summed E-state index contributed by atoms with van der Waals surface area (Å²) in [6.07, 6.45) is 2.21. The van der Waals surface area contributed by atoms with Gasteiger partial charge in [-0.05, 0) is 61.2 Å². The van der Waals surface area contributed by atoms with Crippen LogP contribution in [-0.4, -0.2) is 19.7 Å². The molecular weight excluding hydrogens is 547 g/mol. The number of halogens is 3. The van der Waals surface area contributed by atoms with Gasteiger partial charge in [0.2, 0.25) is 5.78 Å². The quantitative estimate of drug-likeness (QED) is 0.198. The predicted molar refractivity (Wildman–Crippen MR) is 162 cm³/mol. The highest BCUT2D eigenvalue weighted by Crippen LogP contribution is 2.42. The van der Waals surface area contributed by atoms with Gasteiger partial charge in [-0.1, -0.05) is 60.7 Å². The number of aromatic nitrogens is 3. The minimum atomic E-state index is -0.936. The van der Waals surface area contributed by atoms with Crippen LogP contribution in [0.25, 0.3) is 50.0 Å². The van der Waals surface area contributed by atoms with Crippen LogP contribution in [0.2, 0.25) is 0 Å². The van der Waals surface area contributed by atoms with Gasteiger partial charge in [0, 0.05) is 34.2 Å². The molecule has 0 aliphatic carbocycles. The van der Waals surface area contributed by atoms with E-state index in [0.29, 0.717) is 63.1 Å². The monoisotopic (exact) mass is 571 g/mol. The zero-order chi connectivity index (χ0) is 29.2. The van der Waals surface area contributed by atoms with Gasteiger partial charge in [0.1, 0.15) is 22.7 Å². The standard InChI is InChI=1S/C36H24F3N3O/c37-23-15-13-22(14-16-23)31-25-11-6-7-19-41-33-30(18-17-27(38)32(33)39)42(36(25)41)34(31)35(43)26-20-29(21-8-2-1-3-9-21)40-28-12-5-4-10-24(26)28/h1-5,8-10,12-18,20H,6-7,11,19H2. The molecule has 3 aromatic heterocycles. The van der Waals surface area contributed by atoms with Crippen LogP contribution in [0, 0.1) is 17.5 Å². The van der Waals surface area contributed by atoms with Gasteiger partial charge in [-0.25, -0.2) is 18.2 Å². The van der Waals surface area contributed by atoms with Gasteiger partial charge in [0.25, 0.3) is 0 Å². The molecule has 4 heterocycles. The second-order valence-corrected chi connectivity index (χ2v) is 11.0. The molecule has 0 atom stereocenters. The van der Waals surface area contributed by atoms with Crippen molar-refractivity contribution in [3.8, 4) is 22.4 Å². The zero-order valence-corrected chi connectivity index (χ0v) is 22.9. The molecule has 0 fully saturated rings. The lowest BCUT2D eigenvalue weighted by molar-refractivity contribution is 0.103. The Labute approximate surface area is 244 Å². The largest absolute Gasteiger partial charge is 0.323 e. The molecule has 8 rings (SSSR count). The molecule has 7 aromatic rings. The molecule has 210 valence electrons. The Bertz CT molecular complexity index is 2230. The van der Waals surface area contributed by atoms with Gasteiger partial charge in [-0.3, -0.25) is 9.20 Å². The second kappa shape index (κ2) is 9.70. The van der Waals surface area contributed by atoms with Gasteiger partial charge in [0.15, 0.2) is 11.6 Å². The number of fused-ring (bicyclic) bond motifs is 4. The summed E-state index contributed by atoms with van der Waals surface area (Å²) < 4.78 is 47.8. The topological polar surface area (TPSA) is 39.3 Å². The minimum Gasteiger partial charge on any atom is -0.323 e. The maximum absolute atomic E-state index is 15.5. The van der Waals surface area contributed by atoms with E-state index in [9.17, 15) is 8.78 Å². The number of carbonyl (C=O) groups excluding carboxylic acids is 1. The summed E-state index contributed by atoms with van der Waals surface area (Å²) in [5.74, 6) is -2.53. The van der Waals surface area contributed by atoms with Crippen molar-refractivity contribution in [1.82, 2.24) is 14.0 Å². The van der Waals surface area contributed by atoms with E-state index in [0.717, 1.165) is 30.0 Å². The van der Waals surface area contributed by atoms with Crippen LogP contribution in [0.3, 0.4) is 0 Å². The van der Waals surface area contributed by atoms with Crippen LogP contribution < -0.4 is 0 Å². The van der Waals surface area contributed by atoms with Crippen molar-refractivity contribution in [2.45, 2.75) is 25.8 Å². The first kappa shape index (κ1) is 25.5. The predicted octanol–water partition coefficient (Wildman–Crippen LogP) is 8.76. The number of para-hydroxylation sites is 1. The Hall–Kier alpha value is -5.17. The third kappa shape index (κ3) is 3.84. The first-order valence-electron chi connectivity index (χ1n) is 14.3. The average Bonchev–Trinajstić information content (AvgIpc) is 3.44. The molecule has 0 bridgehead atoms. The lowest BCUT2D eigenvalue weighted by atomic mass is 9.93. The van der Waals surface area contributed by atoms with Crippen LogP contribution in [0.4, 0.5) is 13.2 Å². The van der Waals surface area contributed by atoms with Gasteiger partial charge >= 0.3 is 0 Å². The first-order valence-corrected chi connectivity index (χ1v) is 14.3. The summed E-state index contributed by atoms with van der Waals surface area (Å²) >= 11 is 0. The van der Waals surface area contributed by atoms with Gasteiger partial charge in [0.05, 0.1) is 16.7 Å². The van der Waals surface area contributed by atoms with Crippen LogP contribution in [0.5, 0.6) is 0 Å². The SMILES string of the molecule is O=C(c1cc(-c2ccccc2)nc2ccccc12)c1c(-c2ccc(F)cc2)c2c3n(c4c(F)c(F)ccc4n13)CCCC2. The summed E-state index contributed by atoms with van der Waals surface area (Å²) in [6, 6.07) is 27.7. The van der Waals surface area contributed by atoms with Crippen LogP contribution in [0.15, 0.2) is 97.1 Å². The van der Waals surface area contributed by atoms with Crippen molar-refractivity contribution < 1.29 is 18.0 Å². The second-order valence-electron chi connectivity index (χ2n) is 11.0. The number of imidazole rings is 1. The highest BCUT2D eigenvalue weighted by molar-refractivity contribution is 6.20. The number of nitrogens with zero attached hydrogens (tertiary/aromatic N) is 3. The summed E-state index contributed by atoms with van der Waals surface area (Å²) in [5, 5.41) is 0.682. The van der Waals surface area contributed by atoms with Crippen LogP contribution in [0.1, 0.15) is 34.5 Å². The molecular formula is C36H24F3N3O. The number of carbonyl (C=O) groups is 1. The van der Waals surface area contributed by atoms with E-state index in [-0.39, 0.29) is 17.1 Å². The molecule has 0 unspecified atom stereocenters. The summed E-state index contributed by atoms with van der Waals surface area (Å²) in [4.78, 5) is 19.9. The summed E-state index contributed by atoms with van der Waals surface area (Å²) in [5.41, 5.74) is 6.42. The zero-order valence-electron chi connectivity index (χ0n) is 22.9. The van der Waals surface area contributed by atoms with E-state index < -0.39 is 11.6 Å². The highest BCUT2D eigenvalue weighted by atomic mass is 19.2. The van der Waals surface area contributed by atoms with E-state index in [1.807, 2.05) is 54.6 Å². The molecule has 1 aliphatic rings. The molecule has 0 spiro atoms. The smallest absolute Gasteiger partial charge is 0.211 e. The van der Waals surface area contributed by atoms with Gasteiger partial charge in [-0.2, -0.15) is 0 Å². The summed E-state index contributed by atoms with van der Waals surface area (Å²) in [7, 11) is 0. The Kier molecular flexibility index (Phi) is 5.76. The van der Waals surface area contributed by atoms with Crippen molar-refractivity contribution >= 4 is 33.4 Å². The fourth-order valence-electron chi connectivity index (χ4n) is 6.61. The molecule has 43 heavy (non-hydrogen) atoms. The molecule has 0 N–H and O–H groups in total. The lowest BCUT2D eigenvalue weighted by Crippen LogP contribution is -2.09. The Morgan fingerprint density at radius 3 is 2.37 bits per heavy atom. The van der Waals surface area contributed by atoms with Crippen LogP contribution in [-0.2, 0) is 13.0 Å². The Balaban J connectivity index is 1.51. The fraction of sp³-hybridized carbons (Fsp3) is 0.111.